The zero-order valence-electron chi connectivity index (χ0n) is 18.0. The highest BCUT2D eigenvalue weighted by Crippen LogP contribution is 2.33. The molecule has 1 aromatic heterocycles. The van der Waals surface area contributed by atoms with Gasteiger partial charge in [0.2, 0.25) is 5.43 Å². The topological polar surface area (TPSA) is 48.7 Å². The average molecular weight is 417 g/mol. The second-order valence-corrected chi connectivity index (χ2v) is 8.58. The van der Waals surface area contributed by atoms with E-state index >= 15 is 0 Å². The van der Waals surface area contributed by atoms with Crippen molar-refractivity contribution in [3.05, 3.63) is 33.0 Å². The van der Waals surface area contributed by atoms with Crippen LogP contribution in [-0.2, 0) is 0 Å². The van der Waals surface area contributed by atoms with Gasteiger partial charge in [0.25, 0.3) is 0 Å². The summed E-state index contributed by atoms with van der Waals surface area (Å²) in [6.07, 6.45) is 7.90. The number of hydrogen-bond acceptors (Lipinski definition) is 5. The van der Waals surface area contributed by atoms with E-state index in [0.717, 1.165) is 31.4 Å². The molecule has 4 rings (SSSR count). The molecular formula is C24H32O4S. The van der Waals surface area contributed by atoms with Gasteiger partial charge in [0.05, 0.1) is 11.8 Å². The van der Waals surface area contributed by atoms with E-state index in [0.29, 0.717) is 57.5 Å². The molecule has 5 heteroatoms. The molecule has 0 saturated carbocycles. The molecule has 0 N–H and O–H groups in total. The number of rotatable bonds is 8. The highest BCUT2D eigenvalue weighted by atomic mass is 32.2. The van der Waals surface area contributed by atoms with Crippen LogP contribution in [0, 0.1) is 5.92 Å². The molecule has 1 aliphatic heterocycles. The fourth-order valence-corrected chi connectivity index (χ4v) is 3.76. The standard InChI is InChI=1S/C22H26O4S.C2H6/c1-3-14(4-2)11-24-15-9-19(25-12-16-13-27-16)21-20(10-15)26-18-8-6-5-7-17(18)22(21)23;1-2/h7-10,14,16H,3-6,11-13H2,1-2H3;1-2H3. The molecule has 2 heterocycles. The van der Waals surface area contributed by atoms with Gasteiger partial charge >= 0.3 is 0 Å². The number of thioether (sulfide) groups is 1. The normalized spacial score (nSPS) is 16.9. The summed E-state index contributed by atoms with van der Waals surface area (Å²) in [5, 5.41) is 1.71. The van der Waals surface area contributed by atoms with Crippen molar-refractivity contribution >= 4 is 34.9 Å². The second kappa shape index (κ2) is 10.2. The van der Waals surface area contributed by atoms with E-state index in [-0.39, 0.29) is 5.43 Å². The highest BCUT2D eigenvalue weighted by molar-refractivity contribution is 8.06. The Balaban J connectivity index is 0.00000117. The Hall–Kier alpha value is -1.88. The molecule has 1 aromatic carbocycles. The van der Waals surface area contributed by atoms with Gasteiger partial charge in [-0.05, 0) is 24.8 Å². The van der Waals surface area contributed by atoms with Crippen LogP contribution in [0.4, 0.5) is 0 Å². The molecule has 1 aliphatic carbocycles. The molecule has 0 spiro atoms. The van der Waals surface area contributed by atoms with E-state index in [1.807, 2.05) is 49.9 Å². The van der Waals surface area contributed by atoms with Crippen molar-refractivity contribution < 1.29 is 13.9 Å². The van der Waals surface area contributed by atoms with Crippen LogP contribution < -0.4 is 25.5 Å². The van der Waals surface area contributed by atoms with Gasteiger partial charge in [-0.2, -0.15) is 11.8 Å². The Morgan fingerprint density at radius 2 is 1.86 bits per heavy atom. The molecule has 1 unspecified atom stereocenters. The zero-order valence-corrected chi connectivity index (χ0v) is 18.8. The lowest BCUT2D eigenvalue weighted by molar-refractivity contribution is 0.239. The van der Waals surface area contributed by atoms with Gasteiger partial charge in [-0.3, -0.25) is 4.79 Å². The number of ether oxygens (including phenoxy) is 2. The first-order chi connectivity index (χ1) is 14.2. The molecule has 4 nitrogen and oxygen atoms in total. The van der Waals surface area contributed by atoms with Gasteiger partial charge in [-0.15, -0.1) is 0 Å². The predicted molar refractivity (Wildman–Crippen MR) is 123 cm³/mol. The van der Waals surface area contributed by atoms with Crippen molar-refractivity contribution in [1.29, 1.82) is 0 Å². The van der Waals surface area contributed by atoms with Crippen LogP contribution in [0.3, 0.4) is 0 Å². The van der Waals surface area contributed by atoms with E-state index in [9.17, 15) is 4.79 Å². The summed E-state index contributed by atoms with van der Waals surface area (Å²) in [6, 6.07) is 3.69. The van der Waals surface area contributed by atoms with Crippen LogP contribution in [0.25, 0.3) is 23.1 Å². The quantitative estimate of drug-likeness (QED) is 0.594. The van der Waals surface area contributed by atoms with E-state index in [2.05, 4.69) is 13.8 Å². The first-order valence-corrected chi connectivity index (χ1v) is 11.9. The van der Waals surface area contributed by atoms with Crippen LogP contribution in [0.5, 0.6) is 11.5 Å². The van der Waals surface area contributed by atoms with Crippen LogP contribution in [-0.4, -0.2) is 24.2 Å². The van der Waals surface area contributed by atoms with E-state index in [1.54, 1.807) is 0 Å². The minimum atomic E-state index is -0.00723. The molecule has 1 fully saturated rings. The van der Waals surface area contributed by atoms with Crippen molar-refractivity contribution in [2.24, 2.45) is 5.92 Å². The van der Waals surface area contributed by atoms with Crippen LogP contribution >= 0.6 is 11.8 Å². The summed E-state index contributed by atoms with van der Waals surface area (Å²) in [4.78, 5) is 13.1. The van der Waals surface area contributed by atoms with E-state index < -0.39 is 0 Å². The molecule has 1 saturated heterocycles. The van der Waals surface area contributed by atoms with Gasteiger partial charge < -0.3 is 13.9 Å². The Morgan fingerprint density at radius 1 is 1.14 bits per heavy atom. The number of fused-ring (bicyclic) bond motifs is 2. The first kappa shape index (κ1) is 21.8. The third kappa shape index (κ3) is 5.19. The predicted octanol–water partition coefficient (Wildman–Crippen LogP) is 4.48. The minimum Gasteiger partial charge on any atom is -0.493 e. The third-order valence-corrected chi connectivity index (χ3v) is 6.25. The Labute approximate surface area is 177 Å². The Kier molecular flexibility index (Phi) is 7.70. The maximum Gasteiger partial charge on any atom is 0.203 e. The largest absolute Gasteiger partial charge is 0.493 e. The molecule has 2 aliphatic rings. The van der Waals surface area contributed by atoms with Crippen LogP contribution in [0.2, 0.25) is 0 Å². The summed E-state index contributed by atoms with van der Waals surface area (Å²) >= 11 is 1.88. The van der Waals surface area contributed by atoms with E-state index in [4.69, 9.17) is 13.9 Å². The third-order valence-electron chi connectivity index (χ3n) is 5.31. The van der Waals surface area contributed by atoms with Crippen molar-refractivity contribution in [3.8, 4) is 11.5 Å². The summed E-state index contributed by atoms with van der Waals surface area (Å²) < 4.78 is 18.1. The van der Waals surface area contributed by atoms with Crippen LogP contribution in [0.1, 0.15) is 53.4 Å². The maximum absolute atomic E-state index is 13.1. The number of benzene rings is 1. The Morgan fingerprint density at radius 3 is 2.55 bits per heavy atom. The second-order valence-electron chi connectivity index (χ2n) is 7.25. The Bertz CT molecular complexity index is 1000. The first-order valence-electron chi connectivity index (χ1n) is 10.9. The molecule has 0 amide bonds. The molecule has 29 heavy (non-hydrogen) atoms. The number of hydrogen-bond donors (Lipinski definition) is 0. The molecule has 158 valence electrons. The average Bonchev–Trinajstić information content (AvgIpc) is 3.59. The molecule has 0 bridgehead atoms. The van der Waals surface area contributed by atoms with Crippen molar-refractivity contribution in [2.75, 3.05) is 19.0 Å². The van der Waals surface area contributed by atoms with Gasteiger partial charge in [0.1, 0.15) is 34.5 Å². The lowest BCUT2D eigenvalue weighted by Crippen LogP contribution is -2.40. The molecular weight excluding hydrogens is 384 g/mol. The summed E-state index contributed by atoms with van der Waals surface area (Å²) in [6.45, 7) is 9.63. The van der Waals surface area contributed by atoms with Gasteiger partial charge in [0.15, 0.2) is 0 Å². The van der Waals surface area contributed by atoms with Gasteiger partial charge in [0, 0.05) is 23.1 Å². The SMILES string of the molecule is CC.CCC(CC)COc1cc(OCC2CS2)c2c(=O)c3c(oc2c1)=CCCC=3. The summed E-state index contributed by atoms with van der Waals surface area (Å²) in [7, 11) is 0. The lowest BCUT2D eigenvalue weighted by Gasteiger charge is -2.16. The summed E-state index contributed by atoms with van der Waals surface area (Å²) in [5.41, 5.74) is 1.21. The molecule has 0 radical (unpaired) electrons. The monoisotopic (exact) mass is 416 g/mol. The van der Waals surface area contributed by atoms with Crippen molar-refractivity contribution in [2.45, 2.75) is 58.6 Å². The fraction of sp³-hybridized carbons (Fsp3) is 0.542. The zero-order chi connectivity index (χ0) is 20.8. The smallest absolute Gasteiger partial charge is 0.203 e. The van der Waals surface area contributed by atoms with Crippen LogP contribution in [0.15, 0.2) is 21.3 Å². The molecule has 2 aromatic rings. The van der Waals surface area contributed by atoms with Crippen molar-refractivity contribution in [3.63, 3.8) is 0 Å². The summed E-state index contributed by atoms with van der Waals surface area (Å²) in [5.74, 6) is 2.92. The highest BCUT2D eigenvalue weighted by Gasteiger charge is 2.24. The van der Waals surface area contributed by atoms with Gasteiger partial charge in [-0.25, -0.2) is 0 Å². The maximum atomic E-state index is 13.1. The van der Waals surface area contributed by atoms with Crippen molar-refractivity contribution in [1.82, 2.24) is 0 Å². The van der Waals surface area contributed by atoms with Gasteiger partial charge in [-0.1, -0.05) is 46.6 Å². The lowest BCUT2D eigenvalue weighted by atomic mass is 10.1. The minimum absolute atomic E-state index is 0.00723. The molecule has 1 atom stereocenters. The van der Waals surface area contributed by atoms with E-state index in [1.165, 1.54) is 0 Å². The fourth-order valence-electron chi connectivity index (χ4n) is 3.36.